The number of hydrogen-bond acceptors (Lipinski definition) is 2. The first-order valence-electron chi connectivity index (χ1n) is 6.81. The molecule has 0 fully saturated rings. The van der Waals surface area contributed by atoms with Gasteiger partial charge in [-0.25, -0.2) is 0 Å². The molecule has 0 aliphatic rings. The largest absolute Gasteiger partial charge is 0.493 e. The molecule has 0 saturated heterocycles. The van der Waals surface area contributed by atoms with E-state index in [4.69, 9.17) is 4.74 Å². The normalized spacial score (nSPS) is 10.8. The molecule has 1 rings (SSSR count). The van der Waals surface area contributed by atoms with E-state index in [1.54, 1.807) is 0 Å². The van der Waals surface area contributed by atoms with E-state index >= 15 is 0 Å². The van der Waals surface area contributed by atoms with Crippen molar-refractivity contribution in [2.24, 2.45) is 0 Å². The lowest BCUT2D eigenvalue weighted by atomic mass is 9.94. The average Bonchev–Trinajstić information content (AvgIpc) is 2.34. The first-order chi connectivity index (χ1) is 8.51. The van der Waals surface area contributed by atoms with Crippen LogP contribution in [0.15, 0.2) is 12.1 Å². The molecule has 0 N–H and O–H groups in total. The summed E-state index contributed by atoms with van der Waals surface area (Å²) in [7, 11) is 0. The second kappa shape index (κ2) is 6.58. The van der Waals surface area contributed by atoms with Crippen molar-refractivity contribution >= 4 is 5.78 Å². The molecule has 0 heterocycles. The van der Waals surface area contributed by atoms with E-state index < -0.39 is 0 Å². The van der Waals surface area contributed by atoms with Crippen molar-refractivity contribution < 1.29 is 9.53 Å². The molecule has 1 aromatic rings. The highest BCUT2D eigenvalue weighted by Gasteiger charge is 2.15. The van der Waals surface area contributed by atoms with Gasteiger partial charge in [-0.05, 0) is 42.5 Å². The maximum Gasteiger partial charge on any atom is 0.162 e. The van der Waals surface area contributed by atoms with Crippen molar-refractivity contribution in [2.75, 3.05) is 6.61 Å². The lowest BCUT2D eigenvalue weighted by Gasteiger charge is -2.17. The van der Waals surface area contributed by atoms with Crippen LogP contribution in [0, 0.1) is 6.92 Å². The molecule has 100 valence electrons. The number of aryl methyl sites for hydroxylation is 1. The SMILES string of the molecule is CCCOc1cc(C)c(C(=O)CC)cc1C(C)C. The number of carbonyl (C=O) groups excluding carboxylic acids is 1. The van der Waals surface area contributed by atoms with Crippen LogP contribution in [0.5, 0.6) is 5.75 Å². The number of benzene rings is 1. The van der Waals surface area contributed by atoms with Crippen LogP contribution in [0.4, 0.5) is 0 Å². The van der Waals surface area contributed by atoms with Crippen molar-refractivity contribution in [1.82, 2.24) is 0 Å². The van der Waals surface area contributed by atoms with Gasteiger partial charge in [0.1, 0.15) is 5.75 Å². The number of Topliss-reactive ketones (excluding diaryl/α,β-unsaturated/α-hetero) is 1. The maximum absolute atomic E-state index is 11.9. The van der Waals surface area contributed by atoms with Crippen LogP contribution in [0.2, 0.25) is 0 Å². The molecule has 0 atom stereocenters. The van der Waals surface area contributed by atoms with Crippen molar-refractivity contribution in [3.63, 3.8) is 0 Å². The van der Waals surface area contributed by atoms with Crippen LogP contribution in [0.3, 0.4) is 0 Å². The van der Waals surface area contributed by atoms with E-state index in [2.05, 4.69) is 20.8 Å². The second-order valence-electron chi connectivity index (χ2n) is 4.98. The Morgan fingerprint density at radius 3 is 2.44 bits per heavy atom. The van der Waals surface area contributed by atoms with Gasteiger partial charge in [-0.1, -0.05) is 27.7 Å². The van der Waals surface area contributed by atoms with Gasteiger partial charge in [-0.15, -0.1) is 0 Å². The molecule has 0 aliphatic carbocycles. The smallest absolute Gasteiger partial charge is 0.162 e. The van der Waals surface area contributed by atoms with E-state index in [0.29, 0.717) is 12.3 Å². The third kappa shape index (κ3) is 3.34. The summed E-state index contributed by atoms with van der Waals surface area (Å²) in [6, 6.07) is 4.02. The summed E-state index contributed by atoms with van der Waals surface area (Å²) in [4.78, 5) is 11.9. The van der Waals surface area contributed by atoms with Crippen molar-refractivity contribution in [3.05, 3.63) is 28.8 Å². The first kappa shape index (κ1) is 14.7. The fourth-order valence-electron chi connectivity index (χ4n) is 1.98. The minimum Gasteiger partial charge on any atom is -0.493 e. The molecule has 0 unspecified atom stereocenters. The van der Waals surface area contributed by atoms with Crippen LogP contribution in [-0.4, -0.2) is 12.4 Å². The fourth-order valence-corrected chi connectivity index (χ4v) is 1.98. The van der Waals surface area contributed by atoms with Gasteiger partial charge in [0, 0.05) is 12.0 Å². The summed E-state index contributed by atoms with van der Waals surface area (Å²) in [5.41, 5.74) is 2.98. The number of ketones is 1. The highest BCUT2D eigenvalue weighted by atomic mass is 16.5. The molecular weight excluding hydrogens is 224 g/mol. The Kier molecular flexibility index (Phi) is 5.39. The van der Waals surface area contributed by atoms with Crippen LogP contribution >= 0.6 is 0 Å². The van der Waals surface area contributed by atoms with E-state index in [-0.39, 0.29) is 5.78 Å². The van der Waals surface area contributed by atoms with Gasteiger partial charge in [-0.3, -0.25) is 4.79 Å². The quantitative estimate of drug-likeness (QED) is 0.693. The summed E-state index contributed by atoms with van der Waals surface area (Å²) < 4.78 is 5.79. The van der Waals surface area contributed by atoms with Crippen LogP contribution in [-0.2, 0) is 0 Å². The highest BCUT2D eigenvalue weighted by Crippen LogP contribution is 2.30. The number of hydrogen-bond donors (Lipinski definition) is 0. The Morgan fingerprint density at radius 1 is 1.28 bits per heavy atom. The molecule has 0 amide bonds. The average molecular weight is 248 g/mol. The Labute approximate surface area is 110 Å². The van der Waals surface area contributed by atoms with Gasteiger partial charge in [0.25, 0.3) is 0 Å². The number of rotatable bonds is 6. The molecule has 0 bridgehead atoms. The molecule has 0 saturated carbocycles. The summed E-state index contributed by atoms with van der Waals surface area (Å²) >= 11 is 0. The zero-order valence-electron chi connectivity index (χ0n) is 12.2. The van der Waals surface area contributed by atoms with Gasteiger partial charge in [0.05, 0.1) is 6.61 Å². The molecular formula is C16H24O2. The lowest BCUT2D eigenvalue weighted by Crippen LogP contribution is -2.06. The Hall–Kier alpha value is -1.31. The maximum atomic E-state index is 11.9. The molecule has 0 spiro atoms. The second-order valence-corrected chi connectivity index (χ2v) is 4.98. The number of carbonyl (C=O) groups is 1. The standard InChI is InChI=1S/C16H24O2/c1-6-8-18-16-9-12(5)14(15(17)7-2)10-13(16)11(3)4/h9-11H,6-8H2,1-5H3. The third-order valence-corrected chi connectivity index (χ3v) is 3.06. The Morgan fingerprint density at radius 2 is 1.94 bits per heavy atom. The molecule has 0 radical (unpaired) electrons. The molecule has 0 aromatic heterocycles. The van der Waals surface area contributed by atoms with Gasteiger partial charge < -0.3 is 4.74 Å². The number of ether oxygens (including phenoxy) is 1. The van der Waals surface area contributed by atoms with Crippen molar-refractivity contribution in [2.45, 2.75) is 53.4 Å². The van der Waals surface area contributed by atoms with Crippen molar-refractivity contribution in [3.8, 4) is 5.75 Å². The van der Waals surface area contributed by atoms with Crippen LogP contribution in [0.1, 0.15) is 67.9 Å². The molecule has 2 heteroatoms. The fraction of sp³-hybridized carbons (Fsp3) is 0.562. The van der Waals surface area contributed by atoms with Gasteiger partial charge in [-0.2, -0.15) is 0 Å². The van der Waals surface area contributed by atoms with Crippen LogP contribution < -0.4 is 4.74 Å². The third-order valence-electron chi connectivity index (χ3n) is 3.06. The predicted octanol–water partition coefficient (Wildman–Crippen LogP) is 4.50. The summed E-state index contributed by atoms with van der Waals surface area (Å²) in [5.74, 6) is 1.49. The molecule has 0 aliphatic heterocycles. The topological polar surface area (TPSA) is 26.3 Å². The van der Waals surface area contributed by atoms with E-state index in [1.807, 2.05) is 26.0 Å². The zero-order valence-corrected chi connectivity index (χ0v) is 12.2. The van der Waals surface area contributed by atoms with Gasteiger partial charge in [0.15, 0.2) is 5.78 Å². The summed E-state index contributed by atoms with van der Waals surface area (Å²) in [5, 5.41) is 0. The van der Waals surface area contributed by atoms with Crippen molar-refractivity contribution in [1.29, 1.82) is 0 Å². The van der Waals surface area contributed by atoms with Gasteiger partial charge >= 0.3 is 0 Å². The van der Waals surface area contributed by atoms with E-state index in [9.17, 15) is 4.79 Å². The molecule has 18 heavy (non-hydrogen) atoms. The Bertz CT molecular complexity index is 419. The van der Waals surface area contributed by atoms with E-state index in [0.717, 1.165) is 35.5 Å². The monoisotopic (exact) mass is 248 g/mol. The highest BCUT2D eigenvalue weighted by molar-refractivity contribution is 5.97. The predicted molar refractivity (Wildman–Crippen MR) is 75.7 cm³/mol. The minimum atomic E-state index is 0.205. The summed E-state index contributed by atoms with van der Waals surface area (Å²) in [6.45, 7) is 11.0. The Balaban J connectivity index is 3.20. The summed E-state index contributed by atoms with van der Waals surface area (Å²) in [6.07, 6.45) is 1.54. The first-order valence-corrected chi connectivity index (χ1v) is 6.81. The molecule has 1 aromatic carbocycles. The van der Waals surface area contributed by atoms with Gasteiger partial charge in [0.2, 0.25) is 0 Å². The molecule has 2 nitrogen and oxygen atoms in total. The zero-order chi connectivity index (χ0) is 13.7. The lowest BCUT2D eigenvalue weighted by molar-refractivity contribution is 0.0987. The van der Waals surface area contributed by atoms with E-state index in [1.165, 1.54) is 0 Å². The minimum absolute atomic E-state index is 0.205. The van der Waals surface area contributed by atoms with Crippen LogP contribution in [0.25, 0.3) is 0 Å².